The van der Waals surface area contributed by atoms with E-state index >= 15 is 0 Å². The Morgan fingerprint density at radius 2 is 2.28 bits per heavy atom. The van der Waals surface area contributed by atoms with Crippen molar-refractivity contribution in [1.29, 1.82) is 0 Å². The Morgan fingerprint density at radius 3 is 2.94 bits per heavy atom. The Kier molecular flexibility index (Phi) is 4.02. The predicted octanol–water partition coefficient (Wildman–Crippen LogP) is 3.18. The molecule has 1 N–H and O–H groups in total. The average Bonchev–Trinajstić information content (AvgIpc) is 2.76. The summed E-state index contributed by atoms with van der Waals surface area (Å²) in [7, 11) is 0. The number of hydrogen-bond acceptors (Lipinski definition) is 2. The van der Waals surface area contributed by atoms with E-state index in [1.807, 2.05) is 12.1 Å². The van der Waals surface area contributed by atoms with E-state index in [2.05, 4.69) is 24.8 Å². The van der Waals surface area contributed by atoms with E-state index in [9.17, 15) is 4.79 Å². The third-order valence-electron chi connectivity index (χ3n) is 3.48. The largest absolute Gasteiger partial charge is 0.478 e. The molecule has 0 spiro atoms. The molecule has 3 heteroatoms. The van der Waals surface area contributed by atoms with Crippen molar-refractivity contribution in [3.05, 3.63) is 35.4 Å². The number of aromatic carboxylic acids is 1. The highest BCUT2D eigenvalue weighted by atomic mass is 16.4. The number of benzene rings is 1. The monoisotopic (exact) mass is 247 g/mol. The van der Waals surface area contributed by atoms with Crippen molar-refractivity contribution in [2.75, 3.05) is 13.1 Å². The van der Waals surface area contributed by atoms with Gasteiger partial charge in [0.25, 0.3) is 0 Å². The number of carboxylic acids is 1. The molecule has 1 unspecified atom stereocenters. The molecular formula is C15H21NO2. The van der Waals surface area contributed by atoms with Gasteiger partial charge in [-0.05, 0) is 43.0 Å². The first-order valence-corrected chi connectivity index (χ1v) is 6.65. The highest BCUT2D eigenvalue weighted by Gasteiger charge is 2.26. The summed E-state index contributed by atoms with van der Waals surface area (Å²) >= 11 is 0. The Bertz CT molecular complexity index is 428. The van der Waals surface area contributed by atoms with Crippen LogP contribution in [-0.2, 0) is 0 Å². The molecule has 0 aliphatic carbocycles. The minimum atomic E-state index is -0.842. The molecule has 1 aromatic rings. The molecule has 1 aromatic carbocycles. The summed E-state index contributed by atoms with van der Waals surface area (Å²) in [6.45, 7) is 6.66. The molecule has 0 amide bonds. The Balaban J connectivity index is 2.19. The smallest absolute Gasteiger partial charge is 0.335 e. The lowest BCUT2D eigenvalue weighted by Crippen LogP contribution is -2.27. The summed E-state index contributed by atoms with van der Waals surface area (Å²) in [5.74, 6) is -0.196. The SMILES string of the molecule is CC(C)CN1CCCC1c1cccc(C(=O)O)c1. The summed E-state index contributed by atoms with van der Waals surface area (Å²) in [4.78, 5) is 13.5. The summed E-state index contributed by atoms with van der Waals surface area (Å²) in [6, 6.07) is 7.78. The number of carbonyl (C=O) groups is 1. The van der Waals surface area contributed by atoms with E-state index in [0.29, 0.717) is 17.5 Å². The van der Waals surface area contributed by atoms with Gasteiger partial charge in [-0.3, -0.25) is 4.90 Å². The van der Waals surface area contributed by atoms with E-state index < -0.39 is 5.97 Å². The van der Waals surface area contributed by atoms with E-state index in [4.69, 9.17) is 5.11 Å². The third kappa shape index (κ3) is 2.91. The van der Waals surface area contributed by atoms with Gasteiger partial charge in [0, 0.05) is 12.6 Å². The molecule has 2 rings (SSSR count). The fourth-order valence-electron chi connectivity index (χ4n) is 2.77. The molecule has 1 aliphatic rings. The van der Waals surface area contributed by atoms with Crippen LogP contribution in [0.4, 0.5) is 0 Å². The maximum Gasteiger partial charge on any atom is 0.335 e. The first-order valence-electron chi connectivity index (χ1n) is 6.65. The Hall–Kier alpha value is -1.35. The summed E-state index contributed by atoms with van der Waals surface area (Å²) < 4.78 is 0. The predicted molar refractivity (Wildman–Crippen MR) is 71.8 cm³/mol. The van der Waals surface area contributed by atoms with Gasteiger partial charge in [0.15, 0.2) is 0 Å². The van der Waals surface area contributed by atoms with Crippen molar-refractivity contribution in [1.82, 2.24) is 4.90 Å². The second-order valence-corrected chi connectivity index (χ2v) is 5.48. The first-order chi connectivity index (χ1) is 8.58. The highest BCUT2D eigenvalue weighted by molar-refractivity contribution is 5.87. The minimum Gasteiger partial charge on any atom is -0.478 e. The molecule has 1 heterocycles. The average molecular weight is 247 g/mol. The second-order valence-electron chi connectivity index (χ2n) is 5.48. The molecule has 0 aromatic heterocycles. The van der Waals surface area contributed by atoms with Crippen LogP contribution in [0.3, 0.4) is 0 Å². The topological polar surface area (TPSA) is 40.5 Å². The van der Waals surface area contributed by atoms with Crippen molar-refractivity contribution >= 4 is 5.97 Å². The zero-order chi connectivity index (χ0) is 13.1. The van der Waals surface area contributed by atoms with Crippen LogP contribution in [0.2, 0.25) is 0 Å². The van der Waals surface area contributed by atoms with Crippen molar-refractivity contribution in [2.24, 2.45) is 5.92 Å². The zero-order valence-corrected chi connectivity index (χ0v) is 11.1. The quantitative estimate of drug-likeness (QED) is 0.888. The molecular weight excluding hydrogens is 226 g/mol. The van der Waals surface area contributed by atoms with E-state index in [-0.39, 0.29) is 0 Å². The van der Waals surface area contributed by atoms with Gasteiger partial charge in [0.05, 0.1) is 5.56 Å². The molecule has 0 radical (unpaired) electrons. The highest BCUT2D eigenvalue weighted by Crippen LogP contribution is 2.32. The molecule has 1 atom stereocenters. The van der Waals surface area contributed by atoms with Crippen molar-refractivity contribution in [2.45, 2.75) is 32.7 Å². The molecule has 1 saturated heterocycles. The standard InChI is InChI=1S/C15H21NO2/c1-11(2)10-16-8-4-7-14(16)12-5-3-6-13(9-12)15(17)18/h3,5-6,9,11,14H,4,7-8,10H2,1-2H3,(H,17,18). The van der Waals surface area contributed by atoms with E-state index in [1.165, 1.54) is 6.42 Å². The van der Waals surface area contributed by atoms with Crippen molar-refractivity contribution in [3.8, 4) is 0 Å². The van der Waals surface area contributed by atoms with Gasteiger partial charge in [-0.15, -0.1) is 0 Å². The van der Waals surface area contributed by atoms with Crippen LogP contribution < -0.4 is 0 Å². The molecule has 98 valence electrons. The molecule has 3 nitrogen and oxygen atoms in total. The number of nitrogens with zero attached hydrogens (tertiary/aromatic N) is 1. The lowest BCUT2D eigenvalue weighted by atomic mass is 10.0. The van der Waals surface area contributed by atoms with Crippen molar-refractivity contribution in [3.63, 3.8) is 0 Å². The van der Waals surface area contributed by atoms with Gasteiger partial charge in [-0.1, -0.05) is 26.0 Å². The van der Waals surface area contributed by atoms with Gasteiger partial charge in [-0.25, -0.2) is 4.79 Å². The third-order valence-corrected chi connectivity index (χ3v) is 3.48. The number of rotatable bonds is 4. The molecule has 1 fully saturated rings. The normalized spacial score (nSPS) is 20.5. The van der Waals surface area contributed by atoms with E-state index in [0.717, 1.165) is 25.1 Å². The van der Waals surface area contributed by atoms with Crippen LogP contribution in [0.15, 0.2) is 24.3 Å². The van der Waals surface area contributed by atoms with Crippen LogP contribution in [0.25, 0.3) is 0 Å². The Labute approximate surface area is 108 Å². The van der Waals surface area contributed by atoms with Gasteiger partial charge in [-0.2, -0.15) is 0 Å². The van der Waals surface area contributed by atoms with Crippen LogP contribution in [0, 0.1) is 5.92 Å². The summed E-state index contributed by atoms with van der Waals surface area (Å²) in [6.07, 6.45) is 2.34. The van der Waals surface area contributed by atoms with Gasteiger partial charge in [0.1, 0.15) is 0 Å². The minimum absolute atomic E-state index is 0.392. The number of hydrogen-bond donors (Lipinski definition) is 1. The number of likely N-dealkylation sites (tertiary alicyclic amines) is 1. The number of carboxylic acid groups (broad SMARTS) is 1. The van der Waals surface area contributed by atoms with Crippen LogP contribution in [0.5, 0.6) is 0 Å². The molecule has 0 saturated carbocycles. The maximum absolute atomic E-state index is 11.0. The maximum atomic E-state index is 11.0. The fourth-order valence-corrected chi connectivity index (χ4v) is 2.77. The van der Waals surface area contributed by atoms with Crippen molar-refractivity contribution < 1.29 is 9.90 Å². The lowest BCUT2D eigenvalue weighted by Gasteiger charge is -2.26. The Morgan fingerprint density at radius 1 is 1.50 bits per heavy atom. The first kappa shape index (κ1) is 13.1. The van der Waals surface area contributed by atoms with Gasteiger partial charge < -0.3 is 5.11 Å². The zero-order valence-electron chi connectivity index (χ0n) is 11.1. The lowest BCUT2D eigenvalue weighted by molar-refractivity contribution is 0.0696. The van der Waals surface area contributed by atoms with Gasteiger partial charge >= 0.3 is 5.97 Å². The van der Waals surface area contributed by atoms with Crippen LogP contribution in [-0.4, -0.2) is 29.1 Å². The summed E-state index contributed by atoms with van der Waals surface area (Å²) in [5.41, 5.74) is 1.54. The van der Waals surface area contributed by atoms with Crippen LogP contribution >= 0.6 is 0 Å². The van der Waals surface area contributed by atoms with E-state index in [1.54, 1.807) is 6.07 Å². The fraction of sp³-hybridized carbons (Fsp3) is 0.533. The second kappa shape index (κ2) is 5.53. The molecule has 0 bridgehead atoms. The molecule has 18 heavy (non-hydrogen) atoms. The van der Waals surface area contributed by atoms with Crippen LogP contribution in [0.1, 0.15) is 48.7 Å². The molecule has 1 aliphatic heterocycles. The van der Waals surface area contributed by atoms with Gasteiger partial charge in [0.2, 0.25) is 0 Å². The summed E-state index contributed by atoms with van der Waals surface area (Å²) in [5, 5.41) is 9.05.